The monoisotopic (exact) mass is 436 g/mol. The number of amides is 1. The van der Waals surface area contributed by atoms with E-state index in [1.165, 1.54) is 23.1 Å². The summed E-state index contributed by atoms with van der Waals surface area (Å²) in [7, 11) is 0. The fourth-order valence-corrected chi connectivity index (χ4v) is 3.76. The zero-order valence-electron chi connectivity index (χ0n) is 16.5. The van der Waals surface area contributed by atoms with Crippen LogP contribution >= 0.6 is 0 Å². The average Bonchev–Trinajstić information content (AvgIpc) is 3.17. The highest BCUT2D eigenvalue weighted by Gasteiger charge is 2.39. The minimum atomic E-state index is -4.56. The van der Waals surface area contributed by atoms with Crippen LogP contribution in [0.1, 0.15) is 41.8 Å². The Labute approximate surface area is 175 Å². The molecule has 2 aromatic heterocycles. The van der Waals surface area contributed by atoms with Gasteiger partial charge in [-0.15, -0.1) is 5.10 Å². The molecule has 0 atom stereocenters. The van der Waals surface area contributed by atoms with Crippen LogP contribution in [-0.4, -0.2) is 30.5 Å². The Hall–Kier alpha value is -3.24. The highest BCUT2D eigenvalue weighted by molar-refractivity contribution is 5.88. The number of rotatable bonds is 5. The predicted molar refractivity (Wildman–Crippen MR) is 103 cm³/mol. The van der Waals surface area contributed by atoms with Crippen molar-refractivity contribution in [3.63, 3.8) is 0 Å². The maximum absolute atomic E-state index is 13.4. The van der Waals surface area contributed by atoms with E-state index in [4.69, 9.17) is 0 Å². The molecule has 1 N–H and O–H groups in total. The van der Waals surface area contributed by atoms with Gasteiger partial charge in [0.05, 0.1) is 6.54 Å². The van der Waals surface area contributed by atoms with E-state index in [2.05, 4.69) is 20.5 Å². The van der Waals surface area contributed by atoms with Crippen LogP contribution in [0, 0.1) is 5.82 Å². The van der Waals surface area contributed by atoms with Gasteiger partial charge in [0.25, 0.3) is 0 Å². The van der Waals surface area contributed by atoms with Gasteiger partial charge in [0, 0.05) is 11.3 Å². The van der Waals surface area contributed by atoms with Crippen LogP contribution in [0.25, 0.3) is 0 Å². The van der Waals surface area contributed by atoms with Gasteiger partial charge in [0.1, 0.15) is 18.7 Å². The van der Waals surface area contributed by atoms with E-state index in [1.54, 1.807) is 12.1 Å². The number of carbonyl (C=O) groups is 1. The number of benzene rings is 1. The second kappa shape index (κ2) is 8.48. The molecule has 0 saturated heterocycles. The molecule has 3 aromatic rings. The molecule has 0 unspecified atom stereocenters. The molecule has 1 aromatic carbocycles. The van der Waals surface area contributed by atoms with Crippen molar-refractivity contribution in [3.8, 4) is 0 Å². The molecule has 2 heterocycles. The zero-order valence-corrected chi connectivity index (χ0v) is 16.5. The first kappa shape index (κ1) is 21.0. The number of alkyl halides is 3. The molecule has 0 aliphatic heterocycles. The number of halogens is 4. The van der Waals surface area contributed by atoms with Crippen LogP contribution in [0.3, 0.4) is 0 Å². The van der Waals surface area contributed by atoms with Gasteiger partial charge in [-0.1, -0.05) is 18.6 Å². The minimum Gasteiger partial charge on any atom is -0.292 e. The second-order valence-electron chi connectivity index (χ2n) is 7.43. The quantitative estimate of drug-likeness (QED) is 0.490. The molecular weight excluding hydrogens is 416 g/mol. The molecule has 7 nitrogen and oxygen atoms in total. The van der Waals surface area contributed by atoms with Crippen LogP contribution in [0.15, 0.2) is 30.6 Å². The molecular formula is C20H20F4N6O. The summed E-state index contributed by atoms with van der Waals surface area (Å²) in [5.41, 5.74) is 0.413. The molecule has 0 saturated carbocycles. The van der Waals surface area contributed by atoms with Gasteiger partial charge in [0.15, 0.2) is 5.69 Å². The largest absolute Gasteiger partial charge is 0.435 e. The van der Waals surface area contributed by atoms with E-state index in [9.17, 15) is 22.4 Å². The summed E-state index contributed by atoms with van der Waals surface area (Å²) in [6.07, 6.45) is -0.172. The highest BCUT2D eigenvalue weighted by atomic mass is 19.4. The maximum atomic E-state index is 13.4. The Kier molecular flexibility index (Phi) is 5.75. The number of fused-ring (bicyclic) bond motifs is 1. The third kappa shape index (κ3) is 4.92. The van der Waals surface area contributed by atoms with Gasteiger partial charge in [0.2, 0.25) is 11.9 Å². The SMILES string of the molecule is O=C(Cn1nc(C(F)(F)F)c2c1CCCCC2)Nc1ncn(Cc2cccc(F)c2)n1. The van der Waals surface area contributed by atoms with Crippen LogP contribution in [0.5, 0.6) is 0 Å². The van der Waals surface area contributed by atoms with E-state index in [-0.39, 0.29) is 30.4 Å². The topological polar surface area (TPSA) is 77.6 Å². The third-order valence-corrected chi connectivity index (χ3v) is 5.09. The lowest BCUT2D eigenvalue weighted by atomic mass is 10.1. The van der Waals surface area contributed by atoms with Crippen molar-refractivity contribution in [3.05, 3.63) is 58.9 Å². The molecule has 1 aliphatic rings. The molecule has 0 fully saturated rings. The summed E-state index contributed by atoms with van der Waals surface area (Å²) in [5.74, 6) is -0.940. The van der Waals surface area contributed by atoms with Crippen LogP contribution in [-0.2, 0) is 36.9 Å². The van der Waals surface area contributed by atoms with Crippen LogP contribution < -0.4 is 5.32 Å². The zero-order chi connectivity index (χ0) is 22.0. The number of anilines is 1. The smallest absolute Gasteiger partial charge is 0.292 e. The van der Waals surface area contributed by atoms with Crippen LogP contribution in [0.2, 0.25) is 0 Å². The number of aromatic nitrogens is 5. The van der Waals surface area contributed by atoms with Gasteiger partial charge in [-0.05, 0) is 43.4 Å². The average molecular weight is 436 g/mol. The Morgan fingerprint density at radius 3 is 2.71 bits per heavy atom. The first-order chi connectivity index (χ1) is 14.8. The van der Waals surface area contributed by atoms with Crippen molar-refractivity contribution in [2.24, 2.45) is 0 Å². The highest BCUT2D eigenvalue weighted by Crippen LogP contribution is 2.35. The number of hydrogen-bond donors (Lipinski definition) is 1. The third-order valence-electron chi connectivity index (χ3n) is 5.09. The minimum absolute atomic E-state index is 0.00990. The van der Waals surface area contributed by atoms with E-state index < -0.39 is 17.8 Å². The molecule has 31 heavy (non-hydrogen) atoms. The van der Waals surface area contributed by atoms with Gasteiger partial charge < -0.3 is 0 Å². The number of hydrogen-bond acceptors (Lipinski definition) is 4. The van der Waals surface area contributed by atoms with Crippen LogP contribution in [0.4, 0.5) is 23.5 Å². The second-order valence-corrected chi connectivity index (χ2v) is 7.43. The molecule has 4 rings (SSSR count). The standard InChI is InChI=1S/C20H20F4N6O/c21-14-6-4-5-13(9-14)10-29-12-25-19(28-29)26-17(31)11-30-16-8-3-1-2-7-15(16)18(27-30)20(22,23)24/h4-6,9,12H,1-3,7-8,10-11H2,(H,26,28,31). The molecule has 164 valence electrons. The number of nitrogens with one attached hydrogen (secondary N) is 1. The summed E-state index contributed by atoms with van der Waals surface area (Å²) in [4.78, 5) is 16.4. The Balaban J connectivity index is 1.46. The van der Waals surface area contributed by atoms with E-state index in [0.717, 1.165) is 17.5 Å². The Morgan fingerprint density at radius 1 is 1.13 bits per heavy atom. The Morgan fingerprint density at radius 2 is 1.94 bits per heavy atom. The fraction of sp³-hybridized carbons (Fsp3) is 0.400. The van der Waals surface area contributed by atoms with Crippen molar-refractivity contribution < 1.29 is 22.4 Å². The normalized spacial score (nSPS) is 14.2. The lowest BCUT2D eigenvalue weighted by molar-refractivity contribution is -0.142. The number of nitrogens with zero attached hydrogens (tertiary/aromatic N) is 5. The fourth-order valence-electron chi connectivity index (χ4n) is 3.76. The first-order valence-electron chi connectivity index (χ1n) is 9.89. The molecule has 1 aliphatic carbocycles. The number of carbonyl (C=O) groups excluding carboxylic acids is 1. The molecule has 0 radical (unpaired) electrons. The van der Waals surface area contributed by atoms with E-state index >= 15 is 0 Å². The van der Waals surface area contributed by atoms with Gasteiger partial charge >= 0.3 is 6.18 Å². The molecule has 0 bridgehead atoms. The first-order valence-corrected chi connectivity index (χ1v) is 9.89. The van der Waals surface area contributed by atoms with Crippen molar-refractivity contribution >= 4 is 11.9 Å². The predicted octanol–water partition coefficient (Wildman–Crippen LogP) is 3.59. The molecule has 0 spiro atoms. The van der Waals surface area contributed by atoms with Gasteiger partial charge in [-0.25, -0.2) is 14.1 Å². The van der Waals surface area contributed by atoms with Crippen molar-refractivity contribution in [1.29, 1.82) is 0 Å². The van der Waals surface area contributed by atoms with E-state index in [1.807, 2.05) is 0 Å². The summed E-state index contributed by atoms with van der Waals surface area (Å²) >= 11 is 0. The Bertz CT molecular complexity index is 1090. The lowest BCUT2D eigenvalue weighted by Crippen LogP contribution is -2.22. The molecule has 11 heteroatoms. The van der Waals surface area contributed by atoms with Crippen molar-refractivity contribution in [1.82, 2.24) is 24.5 Å². The van der Waals surface area contributed by atoms with Crippen molar-refractivity contribution in [2.45, 2.75) is 51.4 Å². The van der Waals surface area contributed by atoms with Crippen molar-refractivity contribution in [2.75, 3.05) is 5.32 Å². The summed E-state index contributed by atoms with van der Waals surface area (Å²) in [6, 6.07) is 6.00. The van der Waals surface area contributed by atoms with Gasteiger partial charge in [-0.2, -0.15) is 18.3 Å². The van der Waals surface area contributed by atoms with E-state index in [0.29, 0.717) is 30.5 Å². The summed E-state index contributed by atoms with van der Waals surface area (Å²) in [5, 5.41) is 10.3. The molecule has 1 amide bonds. The summed E-state index contributed by atoms with van der Waals surface area (Å²) in [6.45, 7) is -0.112. The van der Waals surface area contributed by atoms with Gasteiger partial charge in [-0.3, -0.25) is 14.8 Å². The maximum Gasteiger partial charge on any atom is 0.435 e. The lowest BCUT2D eigenvalue weighted by Gasteiger charge is -2.07. The summed E-state index contributed by atoms with van der Waals surface area (Å²) < 4.78 is 56.0.